The van der Waals surface area contributed by atoms with Crippen molar-refractivity contribution in [3.8, 4) is 0 Å². The minimum atomic E-state index is 0.358. The Balaban J connectivity index is 2.02. The third-order valence-corrected chi connectivity index (χ3v) is 2.76. The molecule has 2 rings (SSSR count). The molecule has 1 fully saturated rings. The van der Waals surface area contributed by atoms with Gasteiger partial charge in [0, 0.05) is 26.1 Å². The maximum atomic E-state index is 6.01. The number of halogens is 1. The lowest BCUT2D eigenvalue weighted by molar-refractivity contribution is 0.0764. The van der Waals surface area contributed by atoms with Gasteiger partial charge in [-0.3, -0.25) is 4.68 Å². The first-order chi connectivity index (χ1) is 6.77. The molecule has 1 aromatic rings. The molecule has 0 aromatic carbocycles. The monoisotopic (exact) mass is 215 g/mol. The van der Waals surface area contributed by atoms with Gasteiger partial charge in [-0.15, -0.1) is 0 Å². The van der Waals surface area contributed by atoms with Gasteiger partial charge in [-0.25, -0.2) is 0 Å². The lowest BCUT2D eigenvalue weighted by Crippen LogP contribution is -2.42. The molecule has 1 aliphatic rings. The SMILES string of the molecule is Cn1ncc(Cl)c1CC1COCCN1. The van der Waals surface area contributed by atoms with Gasteiger partial charge in [0.25, 0.3) is 0 Å². The fourth-order valence-corrected chi connectivity index (χ4v) is 1.89. The van der Waals surface area contributed by atoms with Crippen LogP contribution in [0.5, 0.6) is 0 Å². The molecule has 2 heterocycles. The molecule has 5 heteroatoms. The lowest BCUT2D eigenvalue weighted by Gasteiger charge is -2.23. The summed E-state index contributed by atoms with van der Waals surface area (Å²) in [6, 6.07) is 0.358. The zero-order valence-corrected chi connectivity index (χ0v) is 8.92. The van der Waals surface area contributed by atoms with Crippen molar-refractivity contribution < 1.29 is 4.74 Å². The number of aryl methyl sites for hydroxylation is 1. The Morgan fingerprint density at radius 2 is 2.64 bits per heavy atom. The topological polar surface area (TPSA) is 39.1 Å². The van der Waals surface area contributed by atoms with Gasteiger partial charge in [0.2, 0.25) is 0 Å². The molecule has 14 heavy (non-hydrogen) atoms. The molecule has 0 aliphatic carbocycles. The van der Waals surface area contributed by atoms with Crippen molar-refractivity contribution in [3.63, 3.8) is 0 Å². The third-order valence-electron chi connectivity index (χ3n) is 2.45. The minimum Gasteiger partial charge on any atom is -0.379 e. The smallest absolute Gasteiger partial charge is 0.0818 e. The van der Waals surface area contributed by atoms with Crippen LogP contribution in [-0.4, -0.2) is 35.6 Å². The van der Waals surface area contributed by atoms with E-state index in [1.807, 2.05) is 11.7 Å². The van der Waals surface area contributed by atoms with Gasteiger partial charge in [0.15, 0.2) is 0 Å². The third kappa shape index (κ3) is 2.08. The maximum Gasteiger partial charge on any atom is 0.0818 e. The van der Waals surface area contributed by atoms with Gasteiger partial charge >= 0.3 is 0 Å². The van der Waals surface area contributed by atoms with Crippen molar-refractivity contribution in [2.45, 2.75) is 12.5 Å². The van der Waals surface area contributed by atoms with Crippen molar-refractivity contribution in [2.75, 3.05) is 19.8 Å². The average molecular weight is 216 g/mol. The van der Waals surface area contributed by atoms with E-state index >= 15 is 0 Å². The Kier molecular flexibility index (Phi) is 3.05. The van der Waals surface area contributed by atoms with Crippen molar-refractivity contribution in [2.24, 2.45) is 7.05 Å². The molecular formula is C9H14ClN3O. The second-order valence-corrected chi connectivity index (χ2v) is 3.90. The van der Waals surface area contributed by atoms with Gasteiger partial charge in [-0.2, -0.15) is 5.10 Å². The average Bonchev–Trinajstić information content (AvgIpc) is 2.51. The summed E-state index contributed by atoms with van der Waals surface area (Å²) in [5.41, 5.74) is 1.06. The zero-order chi connectivity index (χ0) is 9.97. The first kappa shape index (κ1) is 9.96. The highest BCUT2D eigenvalue weighted by Gasteiger charge is 2.17. The van der Waals surface area contributed by atoms with Crippen LogP contribution in [0, 0.1) is 0 Å². The number of hydrogen-bond donors (Lipinski definition) is 1. The molecule has 0 saturated carbocycles. The summed E-state index contributed by atoms with van der Waals surface area (Å²) in [4.78, 5) is 0. The molecule has 1 aliphatic heterocycles. The predicted molar refractivity (Wildman–Crippen MR) is 54.5 cm³/mol. The second-order valence-electron chi connectivity index (χ2n) is 3.49. The molecular weight excluding hydrogens is 202 g/mol. The summed E-state index contributed by atoms with van der Waals surface area (Å²) in [6.07, 6.45) is 2.55. The quantitative estimate of drug-likeness (QED) is 0.786. The Hall–Kier alpha value is -0.580. The molecule has 0 bridgehead atoms. The van der Waals surface area contributed by atoms with Gasteiger partial charge in [0.1, 0.15) is 0 Å². The van der Waals surface area contributed by atoms with Gasteiger partial charge in [-0.1, -0.05) is 11.6 Å². The minimum absolute atomic E-state index is 0.358. The number of morpholine rings is 1. The molecule has 0 radical (unpaired) electrons. The number of nitrogens with one attached hydrogen (secondary N) is 1. The van der Waals surface area contributed by atoms with E-state index in [2.05, 4.69) is 10.4 Å². The van der Waals surface area contributed by atoms with E-state index < -0.39 is 0 Å². The van der Waals surface area contributed by atoms with Crippen LogP contribution >= 0.6 is 11.6 Å². The van der Waals surface area contributed by atoms with E-state index in [4.69, 9.17) is 16.3 Å². The molecule has 1 saturated heterocycles. The number of nitrogens with zero attached hydrogens (tertiary/aromatic N) is 2. The second kappa shape index (κ2) is 4.29. The molecule has 1 unspecified atom stereocenters. The van der Waals surface area contributed by atoms with Gasteiger partial charge in [0.05, 0.1) is 30.1 Å². The summed E-state index contributed by atoms with van der Waals surface area (Å²) in [5, 5.41) is 8.22. The largest absolute Gasteiger partial charge is 0.379 e. The van der Waals surface area contributed by atoms with Crippen LogP contribution < -0.4 is 5.32 Å². The highest BCUT2D eigenvalue weighted by Crippen LogP contribution is 2.16. The molecule has 1 N–H and O–H groups in total. The summed E-state index contributed by atoms with van der Waals surface area (Å²) in [5.74, 6) is 0. The Morgan fingerprint density at radius 1 is 1.79 bits per heavy atom. The summed E-state index contributed by atoms with van der Waals surface area (Å²) in [6.45, 7) is 2.47. The van der Waals surface area contributed by atoms with E-state index in [9.17, 15) is 0 Å². The number of hydrogen-bond acceptors (Lipinski definition) is 3. The van der Waals surface area contributed by atoms with Crippen LogP contribution in [0.3, 0.4) is 0 Å². The van der Waals surface area contributed by atoms with E-state index in [1.165, 1.54) is 0 Å². The number of rotatable bonds is 2. The summed E-state index contributed by atoms with van der Waals surface area (Å²) < 4.78 is 7.19. The number of aromatic nitrogens is 2. The standard InChI is InChI=1S/C9H14ClN3O/c1-13-9(8(10)5-12-13)4-7-6-14-3-2-11-7/h5,7,11H,2-4,6H2,1H3. The highest BCUT2D eigenvalue weighted by molar-refractivity contribution is 6.31. The van der Waals surface area contributed by atoms with Crippen molar-refractivity contribution in [1.29, 1.82) is 0 Å². The fourth-order valence-electron chi connectivity index (χ4n) is 1.65. The van der Waals surface area contributed by atoms with Crippen LogP contribution in [0.15, 0.2) is 6.20 Å². The van der Waals surface area contributed by atoms with Crippen molar-refractivity contribution in [3.05, 3.63) is 16.9 Å². The Labute approximate surface area is 88.2 Å². The van der Waals surface area contributed by atoms with Crippen molar-refractivity contribution >= 4 is 11.6 Å². The molecule has 0 spiro atoms. The van der Waals surface area contributed by atoms with Crippen LogP contribution in [0.2, 0.25) is 5.02 Å². The van der Waals surface area contributed by atoms with E-state index in [0.29, 0.717) is 6.04 Å². The number of ether oxygens (including phenoxy) is 1. The lowest BCUT2D eigenvalue weighted by atomic mass is 10.1. The van der Waals surface area contributed by atoms with Crippen LogP contribution in [-0.2, 0) is 18.2 Å². The van der Waals surface area contributed by atoms with Gasteiger partial charge < -0.3 is 10.1 Å². The first-order valence-corrected chi connectivity index (χ1v) is 5.12. The van der Waals surface area contributed by atoms with Gasteiger partial charge in [-0.05, 0) is 0 Å². The maximum absolute atomic E-state index is 6.01. The van der Waals surface area contributed by atoms with Crippen molar-refractivity contribution in [1.82, 2.24) is 15.1 Å². The Morgan fingerprint density at radius 3 is 3.21 bits per heavy atom. The van der Waals surface area contributed by atoms with Crippen LogP contribution in [0.4, 0.5) is 0 Å². The summed E-state index contributed by atoms with van der Waals surface area (Å²) in [7, 11) is 1.91. The molecule has 4 nitrogen and oxygen atoms in total. The summed E-state index contributed by atoms with van der Waals surface area (Å²) >= 11 is 6.01. The van der Waals surface area contributed by atoms with E-state index in [-0.39, 0.29) is 0 Å². The molecule has 78 valence electrons. The van der Waals surface area contributed by atoms with E-state index in [0.717, 1.165) is 36.9 Å². The first-order valence-electron chi connectivity index (χ1n) is 4.75. The normalized spacial score (nSPS) is 22.6. The molecule has 1 atom stereocenters. The fraction of sp³-hybridized carbons (Fsp3) is 0.667. The highest BCUT2D eigenvalue weighted by atomic mass is 35.5. The molecule has 1 aromatic heterocycles. The van der Waals surface area contributed by atoms with Crippen LogP contribution in [0.1, 0.15) is 5.69 Å². The zero-order valence-electron chi connectivity index (χ0n) is 8.16. The van der Waals surface area contributed by atoms with Crippen LogP contribution in [0.25, 0.3) is 0 Å². The Bertz CT molecular complexity index is 288. The predicted octanol–water partition coefficient (Wildman–Crippen LogP) is 0.604. The molecule has 0 amide bonds. The van der Waals surface area contributed by atoms with E-state index in [1.54, 1.807) is 6.20 Å².